The normalized spacial score (nSPS) is 30.3. The SMILES string of the molecule is CCCC(C(C)C)C1CC(CCC(C)(C)C)C1C. The van der Waals surface area contributed by atoms with Crippen molar-refractivity contribution in [2.75, 3.05) is 0 Å². The molecule has 108 valence electrons. The van der Waals surface area contributed by atoms with Crippen LogP contribution in [0.5, 0.6) is 0 Å². The lowest BCUT2D eigenvalue weighted by Gasteiger charge is -2.49. The molecule has 4 atom stereocenters. The molecule has 4 unspecified atom stereocenters. The van der Waals surface area contributed by atoms with Crippen molar-refractivity contribution in [1.82, 2.24) is 0 Å². The van der Waals surface area contributed by atoms with Gasteiger partial charge in [0, 0.05) is 0 Å². The molecule has 0 heteroatoms. The van der Waals surface area contributed by atoms with Crippen LogP contribution in [0.25, 0.3) is 0 Å². The maximum Gasteiger partial charge on any atom is -0.0352 e. The molecule has 0 aromatic carbocycles. The molecule has 0 nitrogen and oxygen atoms in total. The summed E-state index contributed by atoms with van der Waals surface area (Å²) in [5.74, 6) is 4.88. The highest BCUT2D eigenvalue weighted by Crippen LogP contribution is 2.50. The van der Waals surface area contributed by atoms with E-state index in [4.69, 9.17) is 0 Å². The van der Waals surface area contributed by atoms with Gasteiger partial charge in [0.15, 0.2) is 0 Å². The zero-order valence-electron chi connectivity index (χ0n) is 13.9. The molecule has 0 spiro atoms. The van der Waals surface area contributed by atoms with Gasteiger partial charge in [-0.2, -0.15) is 0 Å². The molecule has 0 radical (unpaired) electrons. The fourth-order valence-electron chi connectivity index (χ4n) is 3.87. The molecule has 0 heterocycles. The second kappa shape index (κ2) is 6.44. The van der Waals surface area contributed by atoms with Crippen molar-refractivity contribution in [2.24, 2.45) is 35.0 Å². The van der Waals surface area contributed by atoms with E-state index in [1.165, 1.54) is 32.1 Å². The average Bonchev–Trinajstić information content (AvgIpc) is 2.23. The van der Waals surface area contributed by atoms with Crippen molar-refractivity contribution in [1.29, 1.82) is 0 Å². The Bertz CT molecular complexity index is 233. The molecular formula is C18H36. The molecule has 0 aromatic rings. The molecule has 18 heavy (non-hydrogen) atoms. The van der Waals surface area contributed by atoms with Crippen LogP contribution in [-0.2, 0) is 0 Å². The van der Waals surface area contributed by atoms with Crippen LogP contribution in [0.15, 0.2) is 0 Å². The van der Waals surface area contributed by atoms with E-state index >= 15 is 0 Å². The lowest BCUT2D eigenvalue weighted by Crippen LogP contribution is -2.41. The van der Waals surface area contributed by atoms with Crippen molar-refractivity contribution in [3.8, 4) is 0 Å². The van der Waals surface area contributed by atoms with Gasteiger partial charge < -0.3 is 0 Å². The summed E-state index contributed by atoms with van der Waals surface area (Å²) in [7, 11) is 0. The third kappa shape index (κ3) is 4.28. The average molecular weight is 252 g/mol. The summed E-state index contributed by atoms with van der Waals surface area (Å²) < 4.78 is 0. The van der Waals surface area contributed by atoms with Crippen LogP contribution >= 0.6 is 0 Å². The molecule has 0 N–H and O–H groups in total. The first-order valence-electron chi connectivity index (χ1n) is 8.26. The Morgan fingerprint density at radius 1 is 1.17 bits per heavy atom. The number of hydrogen-bond donors (Lipinski definition) is 0. The molecule has 0 aromatic heterocycles. The molecule has 1 aliphatic rings. The second-order valence-corrected chi connectivity index (χ2v) is 8.31. The fourth-order valence-corrected chi connectivity index (χ4v) is 3.87. The fraction of sp³-hybridized carbons (Fsp3) is 1.00. The Hall–Kier alpha value is 0. The van der Waals surface area contributed by atoms with E-state index in [9.17, 15) is 0 Å². The Kier molecular flexibility index (Phi) is 5.74. The topological polar surface area (TPSA) is 0 Å². The van der Waals surface area contributed by atoms with Gasteiger partial charge in [0.05, 0.1) is 0 Å². The smallest absolute Gasteiger partial charge is 0.0352 e. The van der Waals surface area contributed by atoms with E-state index in [1.807, 2.05) is 0 Å². The maximum absolute atomic E-state index is 2.52. The van der Waals surface area contributed by atoms with Gasteiger partial charge in [0.25, 0.3) is 0 Å². The van der Waals surface area contributed by atoms with Gasteiger partial charge in [-0.3, -0.25) is 0 Å². The maximum atomic E-state index is 2.52. The summed E-state index contributed by atoms with van der Waals surface area (Å²) in [6.45, 7) is 16.8. The van der Waals surface area contributed by atoms with Gasteiger partial charge in [-0.1, -0.05) is 61.3 Å². The number of hydrogen-bond acceptors (Lipinski definition) is 0. The van der Waals surface area contributed by atoms with Gasteiger partial charge in [-0.15, -0.1) is 0 Å². The van der Waals surface area contributed by atoms with Gasteiger partial charge in [0.2, 0.25) is 0 Å². The quantitative estimate of drug-likeness (QED) is 0.531. The van der Waals surface area contributed by atoms with Gasteiger partial charge in [-0.05, 0) is 54.3 Å². The van der Waals surface area contributed by atoms with Gasteiger partial charge >= 0.3 is 0 Å². The second-order valence-electron chi connectivity index (χ2n) is 8.31. The van der Waals surface area contributed by atoms with Gasteiger partial charge in [0.1, 0.15) is 0 Å². The number of rotatable bonds is 6. The lowest BCUT2D eigenvalue weighted by atomic mass is 9.56. The minimum Gasteiger partial charge on any atom is -0.0654 e. The molecule has 1 rings (SSSR count). The monoisotopic (exact) mass is 252 g/mol. The lowest BCUT2D eigenvalue weighted by molar-refractivity contribution is 0.00333. The molecule has 0 amide bonds. The summed E-state index contributed by atoms with van der Waals surface area (Å²) in [5, 5.41) is 0. The van der Waals surface area contributed by atoms with Gasteiger partial charge in [-0.25, -0.2) is 0 Å². The van der Waals surface area contributed by atoms with Crippen LogP contribution in [-0.4, -0.2) is 0 Å². The minimum atomic E-state index is 0.520. The molecule has 1 saturated carbocycles. The Balaban J connectivity index is 2.41. The zero-order valence-corrected chi connectivity index (χ0v) is 13.9. The Labute approximate surface area is 116 Å². The third-order valence-corrected chi connectivity index (χ3v) is 5.29. The predicted molar refractivity (Wildman–Crippen MR) is 82.7 cm³/mol. The van der Waals surface area contributed by atoms with Crippen molar-refractivity contribution in [3.05, 3.63) is 0 Å². The van der Waals surface area contributed by atoms with Crippen LogP contribution in [0.4, 0.5) is 0 Å². The molecular weight excluding hydrogens is 216 g/mol. The first-order valence-corrected chi connectivity index (χ1v) is 8.26. The highest BCUT2D eigenvalue weighted by Gasteiger charge is 2.42. The Morgan fingerprint density at radius 3 is 2.17 bits per heavy atom. The predicted octanol–water partition coefficient (Wildman–Crippen LogP) is 6.16. The standard InChI is InChI=1S/C18H36/c1-8-9-16(13(2)3)17-12-15(14(17)4)10-11-18(5,6)7/h13-17H,8-12H2,1-7H3. The van der Waals surface area contributed by atoms with Crippen molar-refractivity contribution in [2.45, 2.75) is 80.6 Å². The molecule has 1 aliphatic carbocycles. The van der Waals surface area contributed by atoms with Crippen LogP contribution < -0.4 is 0 Å². The molecule has 0 bridgehead atoms. The zero-order chi connectivity index (χ0) is 13.9. The molecule has 1 fully saturated rings. The highest BCUT2D eigenvalue weighted by atomic mass is 14.5. The van der Waals surface area contributed by atoms with Crippen molar-refractivity contribution in [3.63, 3.8) is 0 Å². The van der Waals surface area contributed by atoms with Crippen LogP contribution in [0, 0.1) is 35.0 Å². The van der Waals surface area contributed by atoms with E-state index in [0.29, 0.717) is 5.41 Å². The van der Waals surface area contributed by atoms with E-state index in [0.717, 1.165) is 29.6 Å². The van der Waals surface area contributed by atoms with Crippen LogP contribution in [0.1, 0.15) is 80.6 Å². The van der Waals surface area contributed by atoms with Crippen molar-refractivity contribution >= 4 is 0 Å². The summed E-state index contributed by atoms with van der Waals surface area (Å²) in [6.07, 6.45) is 7.17. The minimum absolute atomic E-state index is 0.520. The summed E-state index contributed by atoms with van der Waals surface area (Å²) in [4.78, 5) is 0. The van der Waals surface area contributed by atoms with Crippen LogP contribution in [0.2, 0.25) is 0 Å². The summed E-state index contributed by atoms with van der Waals surface area (Å²) in [5.41, 5.74) is 0.520. The Morgan fingerprint density at radius 2 is 1.78 bits per heavy atom. The summed E-state index contributed by atoms with van der Waals surface area (Å²) in [6, 6.07) is 0. The van der Waals surface area contributed by atoms with E-state index < -0.39 is 0 Å². The highest BCUT2D eigenvalue weighted by molar-refractivity contribution is 4.91. The molecule has 0 aliphatic heterocycles. The largest absolute Gasteiger partial charge is 0.0654 e. The first-order chi connectivity index (χ1) is 8.26. The van der Waals surface area contributed by atoms with Crippen LogP contribution in [0.3, 0.4) is 0 Å². The van der Waals surface area contributed by atoms with E-state index in [-0.39, 0.29) is 0 Å². The third-order valence-electron chi connectivity index (χ3n) is 5.29. The first kappa shape index (κ1) is 16.1. The van der Waals surface area contributed by atoms with E-state index in [1.54, 1.807) is 0 Å². The van der Waals surface area contributed by atoms with Crippen molar-refractivity contribution < 1.29 is 0 Å². The van der Waals surface area contributed by atoms with E-state index in [2.05, 4.69) is 48.5 Å². The molecule has 0 saturated heterocycles. The summed E-state index contributed by atoms with van der Waals surface area (Å²) >= 11 is 0.